The van der Waals surface area contributed by atoms with Crippen LogP contribution >= 0.6 is 0 Å². The van der Waals surface area contributed by atoms with Gasteiger partial charge in [0.25, 0.3) is 21.8 Å². The van der Waals surface area contributed by atoms with Gasteiger partial charge >= 0.3 is 5.97 Å². The predicted octanol–water partition coefficient (Wildman–Crippen LogP) is 1.93. The van der Waals surface area contributed by atoms with Crippen molar-refractivity contribution in [3.63, 3.8) is 0 Å². The third-order valence-electron chi connectivity index (χ3n) is 4.46. The van der Waals surface area contributed by atoms with Gasteiger partial charge in [-0.25, -0.2) is 13.2 Å². The number of aromatic carboxylic acids is 1. The first-order valence-electron chi connectivity index (χ1n) is 8.19. The number of imide groups is 1. The quantitative estimate of drug-likeness (QED) is 0.478. The van der Waals surface area contributed by atoms with Gasteiger partial charge in [-0.3, -0.25) is 19.6 Å². The summed E-state index contributed by atoms with van der Waals surface area (Å²) in [5, 5.41) is 21.6. The minimum absolute atomic E-state index is 0.0437. The molecule has 0 atom stereocenters. The second-order valence-corrected chi connectivity index (χ2v) is 7.98. The number of hydrogen-bond acceptors (Lipinski definition) is 6. The highest BCUT2D eigenvalue weighted by Crippen LogP contribution is 2.31. The van der Waals surface area contributed by atoms with E-state index in [1.54, 1.807) is 12.1 Å². The largest absolute Gasteiger partial charge is 0.507 e. The van der Waals surface area contributed by atoms with Gasteiger partial charge in [0.15, 0.2) is 0 Å². The van der Waals surface area contributed by atoms with E-state index >= 15 is 0 Å². The topological polar surface area (TPSA) is 150 Å². The number of carboxylic acids is 1. The summed E-state index contributed by atoms with van der Waals surface area (Å²) in [5.74, 6) is -3.23. The molecule has 0 spiro atoms. The first-order valence-corrected chi connectivity index (χ1v) is 9.67. The third-order valence-corrected chi connectivity index (χ3v) is 5.82. The fourth-order valence-electron chi connectivity index (χ4n) is 3.15. The summed E-state index contributed by atoms with van der Waals surface area (Å²) in [6, 6.07) is 10.4. The molecule has 29 heavy (non-hydrogen) atoms. The highest BCUT2D eigenvalue weighted by molar-refractivity contribution is 7.92. The van der Waals surface area contributed by atoms with E-state index < -0.39 is 33.6 Å². The molecule has 2 amide bonds. The lowest BCUT2D eigenvalue weighted by atomic mass is 9.95. The first-order chi connectivity index (χ1) is 13.7. The van der Waals surface area contributed by atoms with E-state index in [2.05, 4.69) is 10.0 Å². The molecule has 0 aliphatic carbocycles. The normalized spacial score (nSPS) is 13.2. The smallest absolute Gasteiger partial charge is 0.339 e. The van der Waals surface area contributed by atoms with E-state index in [1.807, 2.05) is 0 Å². The number of benzene rings is 3. The lowest BCUT2D eigenvalue weighted by Gasteiger charge is -2.18. The van der Waals surface area contributed by atoms with Gasteiger partial charge in [-0.15, -0.1) is 0 Å². The molecule has 9 nitrogen and oxygen atoms in total. The van der Waals surface area contributed by atoms with Gasteiger partial charge in [0, 0.05) is 22.6 Å². The highest BCUT2D eigenvalue weighted by atomic mass is 32.2. The van der Waals surface area contributed by atoms with Gasteiger partial charge in [0.1, 0.15) is 11.3 Å². The van der Waals surface area contributed by atoms with Crippen molar-refractivity contribution in [3.8, 4) is 5.75 Å². The van der Waals surface area contributed by atoms with Crippen molar-refractivity contribution >= 4 is 44.3 Å². The summed E-state index contributed by atoms with van der Waals surface area (Å²) < 4.78 is 27.9. The van der Waals surface area contributed by atoms with E-state index in [0.29, 0.717) is 10.8 Å². The Kier molecular flexibility index (Phi) is 4.01. The molecule has 3 aromatic rings. The number of carboxylic acid groups (broad SMARTS) is 1. The minimum atomic E-state index is -4.19. The van der Waals surface area contributed by atoms with Gasteiger partial charge in [-0.1, -0.05) is 12.1 Å². The van der Waals surface area contributed by atoms with Crippen molar-refractivity contribution in [1.82, 2.24) is 5.32 Å². The fraction of sp³-hybridized carbons (Fsp3) is 0. The van der Waals surface area contributed by atoms with Gasteiger partial charge in [-0.05, 0) is 35.7 Å². The van der Waals surface area contributed by atoms with E-state index in [0.717, 1.165) is 18.2 Å². The molecule has 1 heterocycles. The maximum absolute atomic E-state index is 12.8. The molecule has 0 saturated carbocycles. The molecule has 4 rings (SSSR count). The second-order valence-electron chi connectivity index (χ2n) is 6.30. The summed E-state index contributed by atoms with van der Waals surface area (Å²) in [5.41, 5.74) is -0.128. The van der Waals surface area contributed by atoms with E-state index in [4.69, 9.17) is 5.11 Å². The van der Waals surface area contributed by atoms with Crippen molar-refractivity contribution in [3.05, 3.63) is 65.2 Å². The Morgan fingerprint density at radius 2 is 1.69 bits per heavy atom. The molecule has 0 fully saturated rings. The lowest BCUT2D eigenvalue weighted by Crippen LogP contribution is -2.34. The maximum Gasteiger partial charge on any atom is 0.339 e. The summed E-state index contributed by atoms with van der Waals surface area (Å²) in [6.07, 6.45) is 0. The molecular formula is C19H12N2O7S. The molecule has 0 aromatic heterocycles. The van der Waals surface area contributed by atoms with Crippen LogP contribution in [0, 0.1) is 0 Å². The van der Waals surface area contributed by atoms with E-state index in [-0.39, 0.29) is 27.3 Å². The zero-order valence-corrected chi connectivity index (χ0v) is 15.3. The number of amides is 2. The number of aromatic hydroxyl groups is 1. The molecule has 3 aromatic carbocycles. The maximum atomic E-state index is 12.8. The van der Waals surface area contributed by atoms with Gasteiger partial charge in [-0.2, -0.15) is 0 Å². The first kappa shape index (κ1) is 18.4. The van der Waals surface area contributed by atoms with Crippen LogP contribution in [-0.4, -0.2) is 36.4 Å². The average Bonchev–Trinajstić information content (AvgIpc) is 2.65. The molecular weight excluding hydrogens is 400 g/mol. The molecule has 1 aliphatic heterocycles. The molecule has 0 radical (unpaired) electrons. The van der Waals surface area contributed by atoms with Gasteiger partial charge in [0.2, 0.25) is 0 Å². The Hall–Kier alpha value is -3.92. The molecule has 0 unspecified atom stereocenters. The predicted molar refractivity (Wildman–Crippen MR) is 102 cm³/mol. The Labute approximate surface area is 163 Å². The van der Waals surface area contributed by atoms with Crippen LogP contribution in [0.15, 0.2) is 53.4 Å². The SMILES string of the molecule is O=C(O)c1ccc(NS(=O)(=O)c2cc3c4c(cccc4c2)C(=O)NC3=O)cc1O. The molecule has 4 N–H and O–H groups in total. The van der Waals surface area contributed by atoms with Gasteiger partial charge in [0.05, 0.1) is 10.6 Å². The van der Waals surface area contributed by atoms with E-state index in [9.17, 15) is 27.9 Å². The minimum Gasteiger partial charge on any atom is -0.507 e. The van der Waals surface area contributed by atoms with Crippen LogP contribution < -0.4 is 10.0 Å². The highest BCUT2D eigenvalue weighted by Gasteiger charge is 2.27. The number of nitrogens with one attached hydrogen (secondary N) is 2. The van der Waals surface area contributed by atoms with Crippen LogP contribution in [-0.2, 0) is 10.0 Å². The standard InChI is InChI=1S/C19H12N2O7S/c22-15-7-10(4-5-12(15)19(25)26)21-29(27,28)11-6-9-2-1-3-13-16(9)14(8-11)18(24)20-17(13)23/h1-8,21-22H,(H,25,26)(H,20,23,24). The van der Waals surface area contributed by atoms with Crippen LogP contribution in [0.25, 0.3) is 10.8 Å². The number of phenols is 1. The van der Waals surface area contributed by atoms with Crippen LogP contribution in [0.1, 0.15) is 31.1 Å². The number of rotatable bonds is 4. The van der Waals surface area contributed by atoms with Crippen molar-refractivity contribution in [2.45, 2.75) is 4.90 Å². The molecule has 146 valence electrons. The summed E-state index contributed by atoms with van der Waals surface area (Å²) in [6.45, 7) is 0. The van der Waals surface area contributed by atoms with Crippen LogP contribution in [0.2, 0.25) is 0 Å². The summed E-state index contributed by atoms with van der Waals surface area (Å²) in [4.78, 5) is 34.9. The number of sulfonamides is 1. The molecule has 10 heteroatoms. The van der Waals surface area contributed by atoms with E-state index in [1.165, 1.54) is 18.2 Å². The van der Waals surface area contributed by atoms with Crippen molar-refractivity contribution < 1.29 is 33.0 Å². The van der Waals surface area contributed by atoms with Crippen LogP contribution in [0.4, 0.5) is 5.69 Å². The summed E-state index contributed by atoms with van der Waals surface area (Å²) >= 11 is 0. The zero-order chi connectivity index (χ0) is 20.9. The zero-order valence-electron chi connectivity index (χ0n) is 14.5. The summed E-state index contributed by atoms with van der Waals surface area (Å²) in [7, 11) is -4.19. The number of carbonyl (C=O) groups is 3. The van der Waals surface area contributed by atoms with Gasteiger partial charge < -0.3 is 10.2 Å². The van der Waals surface area contributed by atoms with Crippen molar-refractivity contribution in [2.75, 3.05) is 4.72 Å². The molecule has 1 aliphatic rings. The van der Waals surface area contributed by atoms with Crippen molar-refractivity contribution in [1.29, 1.82) is 0 Å². The lowest BCUT2D eigenvalue weighted by molar-refractivity contribution is 0.0692. The fourth-order valence-corrected chi connectivity index (χ4v) is 4.26. The second kappa shape index (κ2) is 6.31. The average molecular weight is 412 g/mol. The number of carbonyl (C=O) groups excluding carboxylic acids is 2. The monoisotopic (exact) mass is 412 g/mol. The molecule has 0 saturated heterocycles. The number of hydrogen-bond donors (Lipinski definition) is 4. The van der Waals surface area contributed by atoms with Crippen LogP contribution in [0.5, 0.6) is 5.75 Å². The Balaban J connectivity index is 1.81. The Bertz CT molecular complexity index is 1350. The Morgan fingerprint density at radius 1 is 0.966 bits per heavy atom. The third kappa shape index (κ3) is 3.05. The number of anilines is 1. The Morgan fingerprint density at radius 3 is 2.38 bits per heavy atom. The van der Waals surface area contributed by atoms with Crippen LogP contribution in [0.3, 0.4) is 0 Å². The molecule has 0 bridgehead atoms. The van der Waals surface area contributed by atoms with Crippen molar-refractivity contribution in [2.24, 2.45) is 0 Å².